The van der Waals surface area contributed by atoms with Gasteiger partial charge in [0, 0.05) is 18.7 Å². The smallest absolute Gasteiger partial charge is 0.307 e. The predicted octanol–water partition coefficient (Wildman–Crippen LogP) is 3.17. The van der Waals surface area contributed by atoms with E-state index in [-0.39, 0.29) is 30.2 Å². The lowest BCUT2D eigenvalue weighted by Gasteiger charge is -2.27. The monoisotopic (exact) mass is 319 g/mol. The Morgan fingerprint density at radius 2 is 1.91 bits per heavy atom. The quantitative estimate of drug-likeness (QED) is 0.598. The van der Waals surface area contributed by atoms with Gasteiger partial charge in [-0.2, -0.15) is 0 Å². The summed E-state index contributed by atoms with van der Waals surface area (Å²) >= 11 is 0. The van der Waals surface area contributed by atoms with Gasteiger partial charge >= 0.3 is 5.97 Å². The van der Waals surface area contributed by atoms with Crippen molar-refractivity contribution >= 4 is 18.0 Å². The molecule has 0 saturated heterocycles. The molecule has 2 rings (SSSR count). The molecule has 5 heteroatoms. The van der Waals surface area contributed by atoms with E-state index in [1.165, 1.54) is 25.3 Å². The van der Waals surface area contributed by atoms with Crippen LogP contribution >= 0.6 is 0 Å². The number of esters is 1. The summed E-state index contributed by atoms with van der Waals surface area (Å²) in [4.78, 5) is 25.6. The molecule has 0 aromatic heterocycles. The summed E-state index contributed by atoms with van der Waals surface area (Å²) in [6, 6.07) is 6.14. The molecule has 0 spiro atoms. The third kappa shape index (κ3) is 5.20. The van der Waals surface area contributed by atoms with Crippen molar-refractivity contribution < 1.29 is 18.7 Å². The number of rotatable bonds is 6. The van der Waals surface area contributed by atoms with Crippen LogP contribution in [0.25, 0.3) is 6.08 Å². The van der Waals surface area contributed by atoms with Gasteiger partial charge in [-0.05, 0) is 36.6 Å². The topological polar surface area (TPSA) is 46.6 Å². The number of benzene rings is 1. The highest BCUT2D eigenvalue weighted by molar-refractivity contribution is 5.92. The van der Waals surface area contributed by atoms with E-state index in [0.717, 1.165) is 31.2 Å². The summed E-state index contributed by atoms with van der Waals surface area (Å²) in [5.41, 5.74) is 0.763. The van der Waals surface area contributed by atoms with Crippen LogP contribution in [0.5, 0.6) is 0 Å². The van der Waals surface area contributed by atoms with E-state index in [9.17, 15) is 14.0 Å². The van der Waals surface area contributed by atoms with Gasteiger partial charge in [0.1, 0.15) is 5.82 Å². The first-order valence-corrected chi connectivity index (χ1v) is 7.91. The highest BCUT2D eigenvalue weighted by Gasteiger charge is 2.25. The van der Waals surface area contributed by atoms with Crippen molar-refractivity contribution in [2.24, 2.45) is 0 Å². The highest BCUT2D eigenvalue weighted by Crippen LogP contribution is 2.24. The molecule has 1 fully saturated rings. The first-order valence-electron chi connectivity index (χ1n) is 7.91. The van der Waals surface area contributed by atoms with Crippen LogP contribution < -0.4 is 0 Å². The molecule has 0 unspecified atom stereocenters. The van der Waals surface area contributed by atoms with Crippen LogP contribution in [0.4, 0.5) is 4.39 Å². The Morgan fingerprint density at radius 1 is 1.26 bits per heavy atom. The molecule has 0 heterocycles. The number of carbonyl (C=O) groups excluding carboxylic acids is 2. The minimum atomic E-state index is -0.316. The Morgan fingerprint density at radius 3 is 2.52 bits per heavy atom. The van der Waals surface area contributed by atoms with Crippen LogP contribution in [0.3, 0.4) is 0 Å². The minimum Gasteiger partial charge on any atom is -0.469 e. The molecule has 1 aromatic rings. The molecular formula is C18H22FNO3. The number of hydrogen-bond acceptors (Lipinski definition) is 3. The first kappa shape index (κ1) is 17.2. The van der Waals surface area contributed by atoms with Crippen molar-refractivity contribution in [1.82, 2.24) is 4.90 Å². The molecule has 1 amide bonds. The zero-order chi connectivity index (χ0) is 16.7. The first-order chi connectivity index (χ1) is 11.1. The van der Waals surface area contributed by atoms with E-state index in [1.54, 1.807) is 23.1 Å². The van der Waals surface area contributed by atoms with Crippen molar-refractivity contribution in [3.05, 3.63) is 41.7 Å². The second-order valence-electron chi connectivity index (χ2n) is 5.68. The van der Waals surface area contributed by atoms with Gasteiger partial charge in [0.05, 0.1) is 13.5 Å². The Balaban J connectivity index is 2.02. The maximum atomic E-state index is 12.9. The summed E-state index contributed by atoms with van der Waals surface area (Å²) in [7, 11) is 1.35. The second kappa shape index (κ2) is 8.46. The van der Waals surface area contributed by atoms with Crippen LogP contribution in [-0.2, 0) is 14.3 Å². The lowest BCUT2D eigenvalue weighted by molar-refractivity contribution is -0.141. The highest BCUT2D eigenvalue weighted by atomic mass is 19.1. The maximum Gasteiger partial charge on any atom is 0.307 e. The predicted molar refractivity (Wildman–Crippen MR) is 86.0 cm³/mol. The van der Waals surface area contributed by atoms with Gasteiger partial charge in [-0.3, -0.25) is 9.59 Å². The maximum absolute atomic E-state index is 12.9. The van der Waals surface area contributed by atoms with Gasteiger partial charge in [-0.1, -0.05) is 25.0 Å². The molecule has 0 radical (unpaired) electrons. The zero-order valence-electron chi connectivity index (χ0n) is 13.3. The van der Waals surface area contributed by atoms with E-state index in [1.807, 2.05) is 0 Å². The normalized spacial score (nSPS) is 15.0. The average molecular weight is 319 g/mol. The number of nitrogens with zero attached hydrogens (tertiary/aromatic N) is 1. The SMILES string of the molecule is COC(=O)CCN(C(=O)/C=C/c1ccc(F)cc1)C1CCCC1. The fraction of sp³-hybridized carbons (Fsp3) is 0.444. The minimum absolute atomic E-state index is 0.120. The lowest BCUT2D eigenvalue weighted by Crippen LogP contribution is -2.39. The molecule has 0 bridgehead atoms. The van der Waals surface area contributed by atoms with Crippen LogP contribution in [-0.4, -0.2) is 36.5 Å². The zero-order valence-corrected chi connectivity index (χ0v) is 13.3. The standard InChI is InChI=1S/C18H22FNO3/c1-23-18(22)12-13-20(16-4-2-3-5-16)17(21)11-8-14-6-9-15(19)10-7-14/h6-11,16H,2-5,12-13H2,1H3/b11-8+. The molecule has 23 heavy (non-hydrogen) atoms. The summed E-state index contributed by atoms with van der Waals surface area (Å²) in [5, 5.41) is 0. The summed E-state index contributed by atoms with van der Waals surface area (Å²) < 4.78 is 17.5. The molecule has 124 valence electrons. The Bertz CT molecular complexity index is 562. The van der Waals surface area contributed by atoms with E-state index in [4.69, 9.17) is 0 Å². The van der Waals surface area contributed by atoms with Crippen LogP contribution in [0.2, 0.25) is 0 Å². The average Bonchev–Trinajstić information content (AvgIpc) is 3.08. The summed E-state index contributed by atoms with van der Waals surface area (Å²) in [6.45, 7) is 0.365. The van der Waals surface area contributed by atoms with E-state index < -0.39 is 0 Å². The van der Waals surface area contributed by atoms with Crippen molar-refractivity contribution in [2.45, 2.75) is 38.1 Å². The Labute approximate surface area is 135 Å². The third-order valence-electron chi connectivity index (χ3n) is 4.12. The number of halogens is 1. The van der Waals surface area contributed by atoms with Crippen molar-refractivity contribution in [2.75, 3.05) is 13.7 Å². The second-order valence-corrected chi connectivity index (χ2v) is 5.68. The van der Waals surface area contributed by atoms with Gasteiger partial charge in [-0.15, -0.1) is 0 Å². The summed E-state index contributed by atoms with van der Waals surface area (Å²) in [5.74, 6) is -0.743. The molecular weight excluding hydrogens is 297 g/mol. The van der Waals surface area contributed by atoms with Gasteiger partial charge in [-0.25, -0.2) is 4.39 Å². The molecule has 1 aliphatic rings. The number of methoxy groups -OCH3 is 1. The van der Waals surface area contributed by atoms with Gasteiger partial charge in [0.15, 0.2) is 0 Å². The number of amides is 1. The summed E-state index contributed by atoms with van der Waals surface area (Å²) in [6.07, 6.45) is 7.51. The van der Waals surface area contributed by atoms with Crippen molar-refractivity contribution in [3.63, 3.8) is 0 Å². The van der Waals surface area contributed by atoms with Gasteiger partial charge in [0.2, 0.25) is 5.91 Å². The molecule has 0 N–H and O–H groups in total. The Kier molecular flexibility index (Phi) is 6.32. The number of hydrogen-bond donors (Lipinski definition) is 0. The van der Waals surface area contributed by atoms with E-state index in [0.29, 0.717) is 6.54 Å². The largest absolute Gasteiger partial charge is 0.469 e. The van der Waals surface area contributed by atoms with Crippen LogP contribution in [0.1, 0.15) is 37.7 Å². The molecule has 4 nitrogen and oxygen atoms in total. The van der Waals surface area contributed by atoms with Crippen molar-refractivity contribution in [1.29, 1.82) is 0 Å². The fourth-order valence-electron chi connectivity index (χ4n) is 2.84. The number of carbonyl (C=O) groups is 2. The van der Waals surface area contributed by atoms with Gasteiger partial charge in [0.25, 0.3) is 0 Å². The third-order valence-corrected chi connectivity index (χ3v) is 4.12. The molecule has 1 aliphatic carbocycles. The lowest BCUT2D eigenvalue weighted by atomic mass is 10.1. The molecule has 1 aromatic carbocycles. The molecule has 0 atom stereocenters. The van der Waals surface area contributed by atoms with Crippen molar-refractivity contribution in [3.8, 4) is 0 Å². The van der Waals surface area contributed by atoms with Crippen LogP contribution in [0.15, 0.2) is 30.3 Å². The number of ether oxygens (including phenoxy) is 1. The molecule has 1 saturated carbocycles. The Hall–Kier alpha value is -2.17. The van der Waals surface area contributed by atoms with E-state index >= 15 is 0 Å². The molecule has 0 aliphatic heterocycles. The van der Waals surface area contributed by atoms with E-state index in [2.05, 4.69) is 4.74 Å². The van der Waals surface area contributed by atoms with Crippen LogP contribution in [0, 0.1) is 5.82 Å². The van der Waals surface area contributed by atoms with Gasteiger partial charge < -0.3 is 9.64 Å². The fourth-order valence-corrected chi connectivity index (χ4v) is 2.84.